The number of ether oxygens (including phenoxy) is 1. The fraction of sp³-hybridized carbons (Fsp3) is 0.278. The van der Waals surface area contributed by atoms with Crippen LogP contribution in [0.25, 0.3) is 0 Å². The van der Waals surface area contributed by atoms with Gasteiger partial charge in [-0.05, 0) is 43.2 Å². The Balaban J connectivity index is 1.97. The van der Waals surface area contributed by atoms with Gasteiger partial charge in [-0.3, -0.25) is 9.00 Å². The molecule has 0 aliphatic carbocycles. The van der Waals surface area contributed by atoms with E-state index in [1.807, 2.05) is 63.2 Å². The van der Waals surface area contributed by atoms with Gasteiger partial charge in [-0.1, -0.05) is 36.8 Å². The molecule has 0 bridgehead atoms. The van der Waals surface area contributed by atoms with Crippen molar-refractivity contribution in [2.24, 2.45) is 0 Å². The molecule has 0 saturated carbocycles. The summed E-state index contributed by atoms with van der Waals surface area (Å²) in [7, 11) is -1.43. The van der Waals surface area contributed by atoms with Crippen molar-refractivity contribution >= 4 is 16.8 Å². The number of esters is 1. The van der Waals surface area contributed by atoms with Gasteiger partial charge in [0.05, 0.1) is 10.8 Å². The van der Waals surface area contributed by atoms with E-state index < -0.39 is 22.0 Å². The monoisotopic (exact) mass is 314 g/mol. The summed E-state index contributed by atoms with van der Waals surface area (Å²) in [4.78, 5) is 13.0. The molecule has 3 atom stereocenters. The van der Waals surface area contributed by atoms with Crippen molar-refractivity contribution < 1.29 is 13.7 Å². The molecule has 0 amide bonds. The van der Waals surface area contributed by atoms with Crippen molar-refractivity contribution in [3.8, 4) is 5.75 Å². The van der Waals surface area contributed by atoms with Gasteiger partial charge in [0.1, 0.15) is 11.0 Å². The third-order valence-electron chi connectivity index (χ3n) is 4.04. The second-order valence-electron chi connectivity index (χ2n) is 5.78. The quantitative estimate of drug-likeness (QED) is 0.629. The lowest BCUT2D eigenvalue weighted by atomic mass is 9.93. The summed E-state index contributed by atoms with van der Waals surface area (Å²) >= 11 is 0. The minimum Gasteiger partial charge on any atom is -0.425 e. The zero-order valence-electron chi connectivity index (χ0n) is 12.8. The molecule has 0 spiro atoms. The van der Waals surface area contributed by atoms with Crippen molar-refractivity contribution in [3.63, 3.8) is 0 Å². The molecule has 0 N–H and O–H groups in total. The Kier molecular flexibility index (Phi) is 3.87. The summed E-state index contributed by atoms with van der Waals surface area (Å²) < 4.78 is 18.2. The number of benzene rings is 2. The predicted octanol–water partition coefficient (Wildman–Crippen LogP) is 3.50. The van der Waals surface area contributed by atoms with Crippen LogP contribution >= 0.6 is 0 Å². The normalized spacial score (nSPS) is 21.9. The van der Waals surface area contributed by atoms with Gasteiger partial charge in [-0.25, -0.2) is 0 Å². The molecule has 0 radical (unpaired) electrons. The molecule has 4 heteroatoms. The van der Waals surface area contributed by atoms with Gasteiger partial charge in [-0.2, -0.15) is 0 Å². The average molecular weight is 314 g/mol. The van der Waals surface area contributed by atoms with E-state index in [9.17, 15) is 9.00 Å². The molecule has 0 saturated heterocycles. The molecule has 0 aromatic heterocycles. The van der Waals surface area contributed by atoms with Crippen LogP contribution in [0.5, 0.6) is 5.75 Å². The van der Waals surface area contributed by atoms with Gasteiger partial charge in [-0.15, -0.1) is 0 Å². The Morgan fingerprint density at radius 1 is 1.00 bits per heavy atom. The summed E-state index contributed by atoms with van der Waals surface area (Å²) in [6, 6.07) is 13.2. The summed E-state index contributed by atoms with van der Waals surface area (Å²) in [5, 5.41) is -0.669. The molecular weight excluding hydrogens is 296 g/mol. The molecule has 1 unspecified atom stereocenters. The van der Waals surface area contributed by atoms with E-state index >= 15 is 0 Å². The minimum atomic E-state index is -1.43. The highest BCUT2D eigenvalue weighted by Gasteiger charge is 2.39. The maximum Gasteiger partial charge on any atom is 0.328 e. The zero-order chi connectivity index (χ0) is 15.9. The van der Waals surface area contributed by atoms with Crippen LogP contribution in [0, 0.1) is 13.8 Å². The van der Waals surface area contributed by atoms with E-state index in [4.69, 9.17) is 4.74 Å². The second kappa shape index (κ2) is 5.69. The summed E-state index contributed by atoms with van der Waals surface area (Å²) in [6.45, 7) is 5.86. The van der Waals surface area contributed by atoms with Gasteiger partial charge in [0.25, 0.3) is 0 Å². The first-order valence-corrected chi connectivity index (χ1v) is 8.48. The second-order valence-corrected chi connectivity index (χ2v) is 7.36. The first-order chi connectivity index (χ1) is 10.5. The van der Waals surface area contributed by atoms with E-state index in [0.29, 0.717) is 10.6 Å². The van der Waals surface area contributed by atoms with Crippen LogP contribution in [0.4, 0.5) is 0 Å². The molecule has 2 aromatic rings. The Bertz CT molecular complexity index is 749. The van der Waals surface area contributed by atoms with Crippen LogP contribution in [0.1, 0.15) is 29.5 Å². The van der Waals surface area contributed by atoms with E-state index in [1.54, 1.807) is 0 Å². The molecule has 114 valence electrons. The van der Waals surface area contributed by atoms with Crippen LogP contribution in [-0.4, -0.2) is 15.4 Å². The lowest BCUT2D eigenvalue weighted by Gasteiger charge is -2.29. The van der Waals surface area contributed by atoms with Crippen LogP contribution in [-0.2, 0) is 15.6 Å². The summed E-state index contributed by atoms with van der Waals surface area (Å²) in [5.74, 6) is 0.0400. The maximum atomic E-state index is 12.8. The fourth-order valence-corrected chi connectivity index (χ4v) is 4.17. The third kappa shape index (κ3) is 2.59. The maximum absolute atomic E-state index is 12.8. The summed E-state index contributed by atoms with van der Waals surface area (Å²) in [6.07, 6.45) is 0. The van der Waals surface area contributed by atoms with Gasteiger partial charge in [0, 0.05) is 10.8 Å². The molecule has 0 fully saturated rings. The van der Waals surface area contributed by atoms with E-state index in [0.717, 1.165) is 16.7 Å². The van der Waals surface area contributed by atoms with Crippen molar-refractivity contribution in [1.29, 1.82) is 0 Å². The minimum absolute atomic E-state index is 0.140. The first kappa shape index (κ1) is 15.0. The molecule has 1 heterocycles. The van der Waals surface area contributed by atoms with Gasteiger partial charge in [0.15, 0.2) is 0 Å². The Labute approximate surface area is 132 Å². The van der Waals surface area contributed by atoms with Crippen LogP contribution in [0.3, 0.4) is 0 Å². The van der Waals surface area contributed by atoms with Crippen LogP contribution in [0.15, 0.2) is 47.4 Å². The number of hydrogen-bond donors (Lipinski definition) is 0. The number of carbonyl (C=O) groups excluding carboxylic acids is 1. The zero-order valence-corrected chi connectivity index (χ0v) is 13.6. The highest BCUT2D eigenvalue weighted by molar-refractivity contribution is 7.86. The first-order valence-electron chi connectivity index (χ1n) is 7.27. The smallest absolute Gasteiger partial charge is 0.328 e. The fourth-order valence-electron chi connectivity index (χ4n) is 2.73. The highest BCUT2D eigenvalue weighted by atomic mass is 32.2. The molecule has 1 aliphatic heterocycles. The number of hydrogen-bond acceptors (Lipinski definition) is 3. The van der Waals surface area contributed by atoms with E-state index in [2.05, 4.69) is 0 Å². The summed E-state index contributed by atoms with van der Waals surface area (Å²) in [5.41, 5.74) is 3.08. The topological polar surface area (TPSA) is 43.4 Å². The third-order valence-corrected chi connectivity index (χ3v) is 5.84. The van der Waals surface area contributed by atoms with Crippen molar-refractivity contribution in [3.05, 3.63) is 59.2 Å². The molecular formula is C18H18O3S. The number of rotatable bonds is 2. The lowest BCUT2D eigenvalue weighted by molar-refractivity contribution is -0.135. The van der Waals surface area contributed by atoms with Crippen LogP contribution in [0.2, 0.25) is 0 Å². The van der Waals surface area contributed by atoms with Crippen molar-refractivity contribution in [2.45, 2.75) is 36.8 Å². The van der Waals surface area contributed by atoms with Crippen molar-refractivity contribution in [2.75, 3.05) is 0 Å². The van der Waals surface area contributed by atoms with E-state index in [-0.39, 0.29) is 5.92 Å². The largest absolute Gasteiger partial charge is 0.425 e. The lowest BCUT2D eigenvalue weighted by Crippen LogP contribution is -2.38. The van der Waals surface area contributed by atoms with Gasteiger partial charge < -0.3 is 4.74 Å². The van der Waals surface area contributed by atoms with Gasteiger partial charge in [0.2, 0.25) is 0 Å². The molecule has 3 nitrogen and oxygen atoms in total. The Morgan fingerprint density at radius 3 is 2.32 bits per heavy atom. The predicted molar refractivity (Wildman–Crippen MR) is 86.6 cm³/mol. The van der Waals surface area contributed by atoms with Crippen LogP contribution < -0.4 is 4.74 Å². The van der Waals surface area contributed by atoms with Crippen molar-refractivity contribution in [1.82, 2.24) is 0 Å². The number of aryl methyl sites for hydroxylation is 2. The number of carbonyl (C=O) groups is 1. The molecule has 22 heavy (non-hydrogen) atoms. The SMILES string of the molecule is Cc1ccc([S@](=O)C2C(=O)Oc3cc(C)ccc3[C@H]2C)cc1. The average Bonchev–Trinajstić information content (AvgIpc) is 2.47. The Morgan fingerprint density at radius 2 is 1.64 bits per heavy atom. The molecule has 3 rings (SSSR count). The Hall–Kier alpha value is -1.94. The van der Waals surface area contributed by atoms with Gasteiger partial charge >= 0.3 is 5.97 Å². The molecule has 1 aliphatic rings. The standard InChI is InChI=1S/C18H18O3S/c1-11-4-7-14(8-5-11)22(20)17-13(3)15-9-6-12(2)10-16(15)21-18(17)19/h4-10,13,17H,1-3H3/t13-,17?,22+/m1/s1. The highest BCUT2D eigenvalue weighted by Crippen LogP contribution is 2.38. The van der Waals surface area contributed by atoms with E-state index in [1.165, 1.54) is 0 Å². The number of fused-ring (bicyclic) bond motifs is 1. The molecule has 2 aromatic carbocycles.